The van der Waals surface area contributed by atoms with Gasteiger partial charge in [-0.05, 0) is 24.0 Å². The van der Waals surface area contributed by atoms with Crippen LogP contribution in [0, 0.1) is 11.8 Å². The lowest BCUT2D eigenvalue weighted by Gasteiger charge is -2.27. The van der Waals surface area contributed by atoms with Gasteiger partial charge in [0, 0.05) is 0 Å². The Balaban J connectivity index is 2.01. The van der Waals surface area contributed by atoms with Gasteiger partial charge in [-0.25, -0.2) is 0 Å². The van der Waals surface area contributed by atoms with Gasteiger partial charge in [0.1, 0.15) is 0 Å². The monoisotopic (exact) mass is 144 g/mol. The summed E-state index contributed by atoms with van der Waals surface area (Å²) in [4.78, 5) is 0. The van der Waals surface area contributed by atoms with Gasteiger partial charge in [-0.3, -0.25) is 0 Å². The lowest BCUT2D eigenvalue weighted by Crippen LogP contribution is -2.14. The van der Waals surface area contributed by atoms with Crippen LogP contribution in [0.25, 0.3) is 0 Å². The molecule has 0 radical (unpaired) electrons. The van der Waals surface area contributed by atoms with Gasteiger partial charge in [0.25, 0.3) is 0 Å². The van der Waals surface area contributed by atoms with Gasteiger partial charge in [0.15, 0.2) is 0 Å². The molecular weight excluding hydrogens is 128 g/mol. The van der Waals surface area contributed by atoms with Gasteiger partial charge >= 0.3 is 0 Å². The fourth-order valence-electron chi connectivity index (χ4n) is 1.37. The molecule has 0 spiro atoms. The molecule has 1 atom stereocenters. The molecule has 9 heavy (non-hydrogen) atoms. The van der Waals surface area contributed by atoms with Crippen LogP contribution in [0.5, 0.6) is 0 Å². The molecule has 0 bridgehead atoms. The Hall–Kier alpha value is 0.350. The molecule has 1 aliphatic rings. The van der Waals surface area contributed by atoms with Crippen molar-refractivity contribution in [3.63, 3.8) is 0 Å². The molecule has 1 unspecified atom stereocenters. The van der Waals surface area contributed by atoms with Crippen molar-refractivity contribution in [2.45, 2.75) is 32.6 Å². The third kappa shape index (κ3) is 2.21. The Morgan fingerprint density at radius 2 is 2.22 bits per heavy atom. The summed E-state index contributed by atoms with van der Waals surface area (Å²) in [5, 5.41) is 0. The smallest absolute Gasteiger partial charge is 0.00720 e. The predicted octanol–water partition coefficient (Wildman–Crippen LogP) is 2.74. The zero-order valence-electron chi connectivity index (χ0n) is 6.14. The highest BCUT2D eigenvalue weighted by Crippen LogP contribution is 2.32. The average molecular weight is 144 g/mol. The Bertz CT molecular complexity index is 73.9. The Kier molecular flexibility index (Phi) is 2.90. The normalized spacial score (nSPS) is 23.3. The van der Waals surface area contributed by atoms with Crippen molar-refractivity contribution >= 4 is 12.6 Å². The summed E-state index contributed by atoms with van der Waals surface area (Å²) in [5.41, 5.74) is 0. The molecule has 1 aliphatic carbocycles. The van der Waals surface area contributed by atoms with Gasteiger partial charge in [-0.2, -0.15) is 12.6 Å². The van der Waals surface area contributed by atoms with Crippen LogP contribution in [0.1, 0.15) is 32.6 Å². The van der Waals surface area contributed by atoms with Crippen molar-refractivity contribution in [1.29, 1.82) is 0 Å². The van der Waals surface area contributed by atoms with Gasteiger partial charge in [-0.1, -0.05) is 26.2 Å². The maximum absolute atomic E-state index is 4.25. The number of rotatable bonds is 3. The highest BCUT2D eigenvalue weighted by Gasteiger charge is 2.18. The molecule has 1 rings (SSSR count). The van der Waals surface area contributed by atoms with Crippen LogP contribution in [0.3, 0.4) is 0 Å². The van der Waals surface area contributed by atoms with E-state index < -0.39 is 0 Å². The minimum absolute atomic E-state index is 0.846. The summed E-state index contributed by atoms with van der Waals surface area (Å²) in [6.45, 7) is 2.30. The minimum atomic E-state index is 0.846. The van der Waals surface area contributed by atoms with Crippen LogP contribution in [0.15, 0.2) is 0 Å². The third-order valence-electron chi connectivity index (χ3n) is 2.27. The highest BCUT2D eigenvalue weighted by molar-refractivity contribution is 7.80. The maximum atomic E-state index is 4.25. The van der Waals surface area contributed by atoms with E-state index in [1.165, 1.54) is 25.7 Å². The summed E-state index contributed by atoms with van der Waals surface area (Å²) in [6, 6.07) is 0. The topological polar surface area (TPSA) is 0 Å². The lowest BCUT2D eigenvalue weighted by molar-refractivity contribution is 0.266. The molecule has 1 heteroatoms. The zero-order chi connectivity index (χ0) is 6.69. The second-order valence-corrected chi connectivity index (χ2v) is 3.69. The minimum Gasteiger partial charge on any atom is -0.179 e. The van der Waals surface area contributed by atoms with E-state index in [-0.39, 0.29) is 0 Å². The number of hydrogen-bond acceptors (Lipinski definition) is 1. The SMILES string of the molecule is CC(CS)CC1CCC1. The standard InChI is InChI=1S/C8H16S/c1-7(6-9)5-8-3-2-4-8/h7-9H,2-6H2,1H3. The molecule has 0 saturated heterocycles. The van der Waals surface area contributed by atoms with E-state index in [1.807, 2.05) is 0 Å². The Morgan fingerprint density at radius 3 is 2.56 bits per heavy atom. The van der Waals surface area contributed by atoms with Gasteiger partial charge in [0.05, 0.1) is 0 Å². The molecule has 0 amide bonds. The van der Waals surface area contributed by atoms with Crippen molar-refractivity contribution in [2.24, 2.45) is 11.8 Å². The second kappa shape index (κ2) is 3.50. The van der Waals surface area contributed by atoms with E-state index in [0.29, 0.717) is 0 Å². The molecule has 0 aromatic rings. The average Bonchev–Trinajstić information content (AvgIpc) is 1.78. The largest absolute Gasteiger partial charge is 0.179 e. The fraction of sp³-hybridized carbons (Fsp3) is 1.00. The van der Waals surface area contributed by atoms with Crippen LogP contribution in [0.4, 0.5) is 0 Å². The molecule has 54 valence electrons. The second-order valence-electron chi connectivity index (χ2n) is 3.32. The van der Waals surface area contributed by atoms with Gasteiger partial charge in [0.2, 0.25) is 0 Å². The molecule has 0 heterocycles. The van der Waals surface area contributed by atoms with Crippen LogP contribution in [-0.4, -0.2) is 5.75 Å². The molecule has 0 aromatic carbocycles. The number of thiol groups is 1. The summed E-state index contributed by atoms with van der Waals surface area (Å²) < 4.78 is 0. The summed E-state index contributed by atoms with van der Waals surface area (Å²) in [5.74, 6) is 2.97. The quantitative estimate of drug-likeness (QED) is 0.578. The summed E-state index contributed by atoms with van der Waals surface area (Å²) in [6.07, 6.45) is 5.86. The first kappa shape index (κ1) is 7.46. The van der Waals surface area contributed by atoms with Gasteiger partial charge < -0.3 is 0 Å². The molecule has 1 saturated carbocycles. The van der Waals surface area contributed by atoms with E-state index in [4.69, 9.17) is 0 Å². The van der Waals surface area contributed by atoms with Crippen molar-refractivity contribution < 1.29 is 0 Å². The third-order valence-corrected chi connectivity index (χ3v) is 2.90. The molecule has 0 nitrogen and oxygen atoms in total. The Morgan fingerprint density at radius 1 is 1.56 bits per heavy atom. The van der Waals surface area contributed by atoms with E-state index in [0.717, 1.165) is 17.6 Å². The van der Waals surface area contributed by atoms with E-state index in [9.17, 15) is 0 Å². The highest BCUT2D eigenvalue weighted by atomic mass is 32.1. The van der Waals surface area contributed by atoms with Crippen molar-refractivity contribution in [1.82, 2.24) is 0 Å². The molecule has 0 aliphatic heterocycles. The van der Waals surface area contributed by atoms with Crippen molar-refractivity contribution in [2.75, 3.05) is 5.75 Å². The zero-order valence-corrected chi connectivity index (χ0v) is 7.03. The molecule has 0 aromatic heterocycles. The summed E-state index contributed by atoms with van der Waals surface area (Å²) in [7, 11) is 0. The van der Waals surface area contributed by atoms with E-state index in [2.05, 4.69) is 19.6 Å². The van der Waals surface area contributed by atoms with Crippen LogP contribution in [0.2, 0.25) is 0 Å². The lowest BCUT2D eigenvalue weighted by atomic mass is 9.80. The van der Waals surface area contributed by atoms with Gasteiger partial charge in [-0.15, -0.1) is 0 Å². The molecule has 1 fully saturated rings. The van der Waals surface area contributed by atoms with Crippen LogP contribution >= 0.6 is 12.6 Å². The first-order valence-corrected chi connectivity index (χ1v) is 4.57. The van der Waals surface area contributed by atoms with Crippen molar-refractivity contribution in [3.8, 4) is 0 Å². The maximum Gasteiger partial charge on any atom is -0.00720 e. The molecular formula is C8H16S. The fourth-order valence-corrected chi connectivity index (χ4v) is 1.52. The van der Waals surface area contributed by atoms with Crippen LogP contribution < -0.4 is 0 Å². The van der Waals surface area contributed by atoms with E-state index in [1.54, 1.807) is 0 Å². The first-order chi connectivity index (χ1) is 4.33. The van der Waals surface area contributed by atoms with E-state index >= 15 is 0 Å². The Labute approximate surface area is 63.4 Å². The predicted molar refractivity (Wildman–Crippen MR) is 45.0 cm³/mol. The summed E-state index contributed by atoms with van der Waals surface area (Å²) >= 11 is 4.25. The first-order valence-electron chi connectivity index (χ1n) is 3.93. The van der Waals surface area contributed by atoms with Crippen molar-refractivity contribution in [3.05, 3.63) is 0 Å². The number of hydrogen-bond donors (Lipinski definition) is 1. The van der Waals surface area contributed by atoms with Crippen LogP contribution in [-0.2, 0) is 0 Å². The molecule has 0 N–H and O–H groups in total.